The lowest BCUT2D eigenvalue weighted by molar-refractivity contribution is -0.134. The van der Waals surface area contributed by atoms with Crippen LogP contribution in [0.25, 0.3) is 0 Å². The van der Waals surface area contributed by atoms with Crippen LogP contribution in [0.1, 0.15) is 24.6 Å². The second kappa shape index (κ2) is 5.25. The van der Waals surface area contributed by atoms with E-state index in [1.54, 1.807) is 17.9 Å². The van der Waals surface area contributed by atoms with Crippen molar-refractivity contribution in [1.29, 1.82) is 0 Å². The molecule has 2 heterocycles. The average molecular weight is 288 g/mol. The van der Waals surface area contributed by atoms with Gasteiger partial charge in [-0.05, 0) is 12.8 Å². The number of carbonyl (C=O) groups is 1. The summed E-state index contributed by atoms with van der Waals surface area (Å²) in [7, 11) is -1.94. The summed E-state index contributed by atoms with van der Waals surface area (Å²) in [6.45, 7) is 0.631. The molecule has 0 aliphatic carbocycles. The van der Waals surface area contributed by atoms with Crippen LogP contribution in [0.3, 0.4) is 0 Å². The van der Waals surface area contributed by atoms with Gasteiger partial charge >= 0.3 is 5.97 Å². The topological polar surface area (TPSA) is 105 Å². The van der Waals surface area contributed by atoms with Crippen LogP contribution in [0.5, 0.6) is 0 Å². The van der Waals surface area contributed by atoms with Crippen molar-refractivity contribution >= 4 is 16.0 Å². The lowest BCUT2D eigenvalue weighted by Gasteiger charge is -2.30. The van der Waals surface area contributed by atoms with Crippen LogP contribution in [-0.4, -0.2) is 57.4 Å². The van der Waals surface area contributed by atoms with Crippen molar-refractivity contribution in [2.24, 2.45) is 7.05 Å². The molecular formula is C10H16N4O4S. The zero-order chi connectivity index (χ0) is 14.0. The number of hydrogen-bond acceptors (Lipinski definition) is 5. The summed E-state index contributed by atoms with van der Waals surface area (Å²) in [6, 6.07) is 0. The molecule has 0 radical (unpaired) electrons. The first-order valence-electron chi connectivity index (χ1n) is 5.93. The number of aryl methyl sites for hydroxylation is 1. The van der Waals surface area contributed by atoms with Crippen LogP contribution < -0.4 is 0 Å². The fourth-order valence-corrected chi connectivity index (χ4v) is 3.62. The minimum atomic E-state index is -3.74. The van der Waals surface area contributed by atoms with Gasteiger partial charge in [-0.2, -0.15) is 0 Å². The van der Waals surface area contributed by atoms with Gasteiger partial charge in [0.2, 0.25) is 10.0 Å². The van der Waals surface area contributed by atoms with Crippen molar-refractivity contribution in [1.82, 2.24) is 19.1 Å². The highest BCUT2D eigenvalue weighted by molar-refractivity contribution is 7.89. The van der Waals surface area contributed by atoms with Crippen LogP contribution >= 0.6 is 0 Å². The van der Waals surface area contributed by atoms with E-state index in [4.69, 9.17) is 5.11 Å². The van der Waals surface area contributed by atoms with Gasteiger partial charge in [0.05, 0.1) is 0 Å². The van der Waals surface area contributed by atoms with Crippen LogP contribution in [-0.2, 0) is 21.9 Å². The van der Waals surface area contributed by atoms with Gasteiger partial charge < -0.3 is 9.67 Å². The number of rotatable bonds is 4. The summed E-state index contributed by atoms with van der Waals surface area (Å²) in [4.78, 5) is 10.6. The molecule has 106 valence electrons. The third-order valence-corrected chi connectivity index (χ3v) is 4.93. The van der Waals surface area contributed by atoms with Gasteiger partial charge in [-0.3, -0.25) is 4.79 Å². The molecule has 1 aliphatic rings. The quantitative estimate of drug-likeness (QED) is 0.793. The molecule has 0 aromatic carbocycles. The summed E-state index contributed by atoms with van der Waals surface area (Å²) >= 11 is 0. The second-order valence-electron chi connectivity index (χ2n) is 4.65. The van der Waals surface area contributed by atoms with E-state index in [1.165, 1.54) is 4.31 Å². The highest BCUT2D eigenvalue weighted by Gasteiger charge is 2.32. The molecule has 1 atom stereocenters. The SMILES string of the molecule is Cn1cnnc1C1CCCN(S(=O)(=O)CC(=O)O)C1. The number of aromatic nitrogens is 3. The predicted molar refractivity (Wildman–Crippen MR) is 66.0 cm³/mol. The predicted octanol–water partition coefficient (Wildman–Crippen LogP) is -0.591. The Balaban J connectivity index is 2.14. The number of piperidine rings is 1. The first-order valence-corrected chi connectivity index (χ1v) is 7.54. The van der Waals surface area contributed by atoms with Crippen molar-refractivity contribution in [3.05, 3.63) is 12.2 Å². The number of aliphatic carboxylic acids is 1. The van der Waals surface area contributed by atoms with Crippen LogP contribution in [0, 0.1) is 0 Å². The van der Waals surface area contributed by atoms with E-state index in [2.05, 4.69) is 10.2 Å². The minimum absolute atomic E-state index is 0.0372. The summed E-state index contributed by atoms with van der Waals surface area (Å²) in [6.07, 6.45) is 3.09. The van der Waals surface area contributed by atoms with Gasteiger partial charge in [-0.1, -0.05) is 0 Å². The van der Waals surface area contributed by atoms with E-state index in [0.29, 0.717) is 13.0 Å². The first-order chi connectivity index (χ1) is 8.90. The van der Waals surface area contributed by atoms with E-state index in [-0.39, 0.29) is 12.5 Å². The minimum Gasteiger partial charge on any atom is -0.480 e. The molecule has 1 saturated heterocycles. The molecule has 9 heteroatoms. The Morgan fingerprint density at radius 3 is 2.89 bits per heavy atom. The highest BCUT2D eigenvalue weighted by Crippen LogP contribution is 2.26. The smallest absolute Gasteiger partial charge is 0.320 e. The maximum Gasteiger partial charge on any atom is 0.320 e. The number of sulfonamides is 1. The maximum atomic E-state index is 11.9. The van der Waals surface area contributed by atoms with E-state index >= 15 is 0 Å². The second-order valence-corrected chi connectivity index (χ2v) is 6.62. The van der Waals surface area contributed by atoms with Crippen LogP contribution in [0.2, 0.25) is 0 Å². The molecule has 2 rings (SSSR count). The van der Waals surface area contributed by atoms with E-state index in [0.717, 1.165) is 12.2 Å². The lowest BCUT2D eigenvalue weighted by Crippen LogP contribution is -2.42. The molecule has 1 aliphatic heterocycles. The van der Waals surface area contributed by atoms with Gasteiger partial charge in [0.15, 0.2) is 5.75 Å². The Hall–Kier alpha value is -1.48. The zero-order valence-corrected chi connectivity index (χ0v) is 11.4. The standard InChI is InChI=1S/C10H16N4O4S/c1-13-7-11-12-10(13)8-3-2-4-14(5-8)19(17,18)6-9(15)16/h7-8H,2-6H2,1H3,(H,15,16). The van der Waals surface area contributed by atoms with Gasteiger partial charge in [-0.15, -0.1) is 10.2 Å². The van der Waals surface area contributed by atoms with E-state index in [1.807, 2.05) is 0 Å². The molecule has 1 unspecified atom stereocenters. The molecule has 0 amide bonds. The van der Waals surface area contributed by atoms with Gasteiger partial charge in [0, 0.05) is 26.1 Å². The summed E-state index contributed by atoms with van der Waals surface area (Å²) in [5.41, 5.74) is 0. The zero-order valence-electron chi connectivity index (χ0n) is 10.6. The molecule has 19 heavy (non-hydrogen) atoms. The Bertz CT molecular complexity index is 568. The fraction of sp³-hybridized carbons (Fsp3) is 0.700. The average Bonchev–Trinajstić information content (AvgIpc) is 2.74. The fourth-order valence-electron chi connectivity index (χ4n) is 2.31. The third-order valence-electron chi connectivity index (χ3n) is 3.19. The number of carboxylic acids is 1. The van der Waals surface area contributed by atoms with Crippen molar-refractivity contribution in [2.45, 2.75) is 18.8 Å². The van der Waals surface area contributed by atoms with Gasteiger partial charge in [0.25, 0.3) is 0 Å². The van der Waals surface area contributed by atoms with Gasteiger partial charge in [0.1, 0.15) is 12.2 Å². The van der Waals surface area contributed by atoms with Crippen LogP contribution in [0.4, 0.5) is 0 Å². The summed E-state index contributed by atoms with van der Waals surface area (Å²) in [5.74, 6) is -1.50. The molecule has 1 aromatic heterocycles. The molecule has 8 nitrogen and oxygen atoms in total. The van der Waals surface area contributed by atoms with E-state index in [9.17, 15) is 13.2 Å². The third kappa shape index (κ3) is 3.10. The molecule has 0 bridgehead atoms. The Morgan fingerprint density at radius 2 is 2.32 bits per heavy atom. The van der Waals surface area contributed by atoms with Crippen LogP contribution in [0.15, 0.2) is 6.33 Å². The number of nitrogens with zero attached hydrogens (tertiary/aromatic N) is 4. The van der Waals surface area contributed by atoms with Crippen molar-refractivity contribution in [2.75, 3.05) is 18.8 Å². The summed E-state index contributed by atoms with van der Waals surface area (Å²) in [5, 5.41) is 16.4. The maximum absolute atomic E-state index is 11.9. The largest absolute Gasteiger partial charge is 0.480 e. The molecule has 0 spiro atoms. The van der Waals surface area contributed by atoms with Gasteiger partial charge in [-0.25, -0.2) is 12.7 Å². The molecule has 1 fully saturated rings. The Labute approximate surface area is 111 Å². The number of hydrogen-bond donors (Lipinski definition) is 1. The van der Waals surface area contributed by atoms with E-state index < -0.39 is 21.7 Å². The van der Waals surface area contributed by atoms with Crippen molar-refractivity contribution in [3.63, 3.8) is 0 Å². The molecule has 1 aromatic rings. The van der Waals surface area contributed by atoms with Crippen molar-refractivity contribution in [3.8, 4) is 0 Å². The lowest BCUT2D eigenvalue weighted by atomic mass is 9.99. The first kappa shape index (κ1) is 13.9. The number of carboxylic acid groups (broad SMARTS) is 1. The normalized spacial score (nSPS) is 21.4. The highest BCUT2D eigenvalue weighted by atomic mass is 32.2. The van der Waals surface area contributed by atoms with Crippen molar-refractivity contribution < 1.29 is 18.3 Å². The Morgan fingerprint density at radius 1 is 1.58 bits per heavy atom. The molecular weight excluding hydrogens is 272 g/mol. The monoisotopic (exact) mass is 288 g/mol. The Kier molecular flexibility index (Phi) is 3.85. The molecule has 0 saturated carbocycles. The summed E-state index contributed by atoms with van der Waals surface area (Å²) < 4.78 is 26.8. The molecule has 1 N–H and O–H groups in total.